The molecule has 0 unspecified atom stereocenters. The van der Waals surface area contributed by atoms with Crippen molar-refractivity contribution in [2.75, 3.05) is 31.6 Å². The third-order valence-electron chi connectivity index (χ3n) is 6.75. The van der Waals surface area contributed by atoms with Crippen LogP contribution in [0.1, 0.15) is 43.0 Å². The number of allylic oxidation sites excluding steroid dienone is 1. The maximum absolute atomic E-state index is 13.2. The van der Waals surface area contributed by atoms with Gasteiger partial charge in [-0.25, -0.2) is 4.98 Å². The molecule has 0 saturated carbocycles. The normalized spacial score (nSPS) is 18.6. The molecule has 212 valence electrons. The molecule has 1 aromatic carbocycles. The van der Waals surface area contributed by atoms with Gasteiger partial charge in [0, 0.05) is 62.7 Å². The molecule has 1 aliphatic heterocycles. The average molecular weight is 552 g/mol. The Morgan fingerprint density at radius 2 is 2.02 bits per heavy atom. The Balaban J connectivity index is 1.56. The predicted octanol–water partition coefficient (Wildman–Crippen LogP) is 3.58. The van der Waals surface area contributed by atoms with Gasteiger partial charge in [-0.15, -0.1) is 0 Å². The first-order chi connectivity index (χ1) is 19.3. The summed E-state index contributed by atoms with van der Waals surface area (Å²) in [6, 6.07) is 10.4. The summed E-state index contributed by atoms with van der Waals surface area (Å²) >= 11 is 0. The molecule has 0 fully saturated rings. The molecule has 0 aliphatic carbocycles. The van der Waals surface area contributed by atoms with E-state index < -0.39 is 17.1 Å². The molecule has 3 N–H and O–H groups in total. The molecule has 4 rings (SSSR count). The van der Waals surface area contributed by atoms with Gasteiger partial charge in [0.15, 0.2) is 5.76 Å². The molecule has 1 amide bonds. The summed E-state index contributed by atoms with van der Waals surface area (Å²) in [4.78, 5) is 39.8. The van der Waals surface area contributed by atoms with Gasteiger partial charge in [0.1, 0.15) is 12.0 Å². The second kappa shape index (κ2) is 13.2. The van der Waals surface area contributed by atoms with Crippen molar-refractivity contribution < 1.29 is 29.1 Å². The number of amides is 1. The summed E-state index contributed by atoms with van der Waals surface area (Å²) in [5.41, 5.74) is 1.54. The topological polar surface area (TPSA) is 158 Å². The highest BCUT2D eigenvalue weighted by atomic mass is 16.7. The summed E-state index contributed by atoms with van der Waals surface area (Å²) in [6.07, 6.45) is 5.12. The van der Waals surface area contributed by atoms with Gasteiger partial charge in [0.25, 0.3) is 11.6 Å². The predicted molar refractivity (Wildman–Crippen MR) is 148 cm³/mol. The van der Waals surface area contributed by atoms with E-state index in [-0.39, 0.29) is 42.3 Å². The minimum absolute atomic E-state index is 0.00491. The van der Waals surface area contributed by atoms with Crippen LogP contribution in [0.5, 0.6) is 0 Å². The lowest BCUT2D eigenvalue weighted by Crippen LogP contribution is -2.39. The SMILES string of the molecule is CCO[C@H]1OC(C(=O)NCCNc2ccc([N+](=O)[O-])cn2)=C[C@@H](c2cn(C(C)=O)c3ccccc23)[C@@H]1CCCO. The second-order valence-corrected chi connectivity index (χ2v) is 9.36. The van der Waals surface area contributed by atoms with E-state index in [1.165, 1.54) is 19.1 Å². The number of aliphatic hydroxyl groups excluding tert-OH is 1. The van der Waals surface area contributed by atoms with E-state index in [2.05, 4.69) is 15.6 Å². The molecule has 2 aromatic heterocycles. The van der Waals surface area contributed by atoms with Crippen molar-refractivity contribution >= 4 is 34.2 Å². The highest BCUT2D eigenvalue weighted by Crippen LogP contribution is 2.42. The van der Waals surface area contributed by atoms with E-state index in [1.54, 1.807) is 10.6 Å². The quantitative estimate of drug-likeness (QED) is 0.174. The van der Waals surface area contributed by atoms with Gasteiger partial charge < -0.3 is 25.2 Å². The first-order valence-electron chi connectivity index (χ1n) is 13.2. The molecule has 12 heteroatoms. The van der Waals surface area contributed by atoms with Crippen molar-refractivity contribution in [2.24, 2.45) is 5.92 Å². The Labute approximate surface area is 231 Å². The number of hydrogen-bond acceptors (Lipinski definition) is 9. The largest absolute Gasteiger partial charge is 0.459 e. The fourth-order valence-corrected chi connectivity index (χ4v) is 4.91. The molecule has 0 saturated heterocycles. The highest BCUT2D eigenvalue weighted by molar-refractivity contribution is 5.95. The Morgan fingerprint density at radius 3 is 2.70 bits per heavy atom. The number of nitrogens with zero attached hydrogens (tertiary/aromatic N) is 3. The summed E-state index contributed by atoms with van der Waals surface area (Å²) in [6.45, 7) is 4.28. The standard InChI is InChI=1S/C28H33N5O7/c1-3-39-28-21(8-6-14-34)22(23-17-32(18(2)35)24-9-5-4-7-20(23)24)15-25(40-28)27(36)30-13-12-29-26-11-10-19(16-31-26)33(37)38/h4-5,7,9-11,15-17,21-22,28,34H,3,6,8,12-14H2,1-2H3,(H,29,31)(H,30,36)/t21-,22+,28-/m0/s1. The van der Waals surface area contributed by atoms with Crippen LogP contribution in [0, 0.1) is 16.0 Å². The van der Waals surface area contributed by atoms with Crippen LogP contribution in [-0.2, 0) is 14.3 Å². The molecule has 1 aliphatic rings. The number of para-hydroxylation sites is 1. The van der Waals surface area contributed by atoms with Crippen molar-refractivity contribution in [2.45, 2.75) is 38.9 Å². The number of nitro groups is 1. The van der Waals surface area contributed by atoms with Gasteiger partial charge in [0.05, 0.1) is 10.4 Å². The van der Waals surface area contributed by atoms with Crippen LogP contribution in [0.25, 0.3) is 10.9 Å². The van der Waals surface area contributed by atoms with E-state index in [0.717, 1.165) is 22.7 Å². The highest BCUT2D eigenvalue weighted by Gasteiger charge is 2.39. The number of carbonyl (C=O) groups is 2. The average Bonchev–Trinajstić information content (AvgIpc) is 3.34. The number of nitrogens with one attached hydrogen (secondary N) is 2. The Morgan fingerprint density at radius 1 is 1.23 bits per heavy atom. The summed E-state index contributed by atoms with van der Waals surface area (Å²) < 4.78 is 13.6. The maximum Gasteiger partial charge on any atom is 0.287 e. The van der Waals surface area contributed by atoms with E-state index in [1.807, 2.05) is 37.4 Å². The Bertz CT molecular complexity index is 1390. The zero-order chi connectivity index (χ0) is 28.6. The van der Waals surface area contributed by atoms with Crippen molar-refractivity contribution in [1.29, 1.82) is 0 Å². The third kappa shape index (κ3) is 6.46. The summed E-state index contributed by atoms with van der Waals surface area (Å²) in [5.74, 6) is -0.519. The lowest BCUT2D eigenvalue weighted by molar-refractivity contribution is -0.385. The lowest BCUT2D eigenvalue weighted by atomic mass is 9.80. The number of aromatic nitrogens is 2. The van der Waals surface area contributed by atoms with Crippen LogP contribution < -0.4 is 10.6 Å². The van der Waals surface area contributed by atoms with Crippen LogP contribution in [0.2, 0.25) is 0 Å². The van der Waals surface area contributed by atoms with E-state index >= 15 is 0 Å². The zero-order valence-electron chi connectivity index (χ0n) is 22.4. The minimum Gasteiger partial charge on any atom is -0.459 e. The first kappa shape index (κ1) is 28.7. The molecule has 12 nitrogen and oxygen atoms in total. The molecule has 40 heavy (non-hydrogen) atoms. The van der Waals surface area contributed by atoms with Crippen molar-refractivity contribution in [3.63, 3.8) is 0 Å². The number of aliphatic hydroxyl groups is 1. The number of hydrogen-bond donors (Lipinski definition) is 3. The van der Waals surface area contributed by atoms with Crippen molar-refractivity contribution in [1.82, 2.24) is 14.9 Å². The number of pyridine rings is 1. The molecular formula is C28H33N5O7. The number of fused-ring (bicyclic) bond motifs is 1. The van der Waals surface area contributed by atoms with Gasteiger partial charge >= 0.3 is 0 Å². The third-order valence-corrected chi connectivity index (χ3v) is 6.75. The number of carbonyl (C=O) groups excluding carboxylic acids is 2. The molecule has 0 bridgehead atoms. The number of ether oxygens (including phenoxy) is 2. The molecule has 0 radical (unpaired) electrons. The van der Waals surface area contributed by atoms with Gasteiger partial charge in [-0.2, -0.15) is 0 Å². The molecule has 0 spiro atoms. The van der Waals surface area contributed by atoms with Gasteiger partial charge in [-0.1, -0.05) is 18.2 Å². The molecule has 3 heterocycles. The van der Waals surface area contributed by atoms with Crippen LogP contribution >= 0.6 is 0 Å². The lowest BCUT2D eigenvalue weighted by Gasteiger charge is -2.36. The first-order valence-corrected chi connectivity index (χ1v) is 13.2. The fraction of sp³-hybridized carbons (Fsp3) is 0.393. The van der Waals surface area contributed by atoms with E-state index in [9.17, 15) is 24.8 Å². The van der Waals surface area contributed by atoms with Crippen LogP contribution in [0.15, 0.2) is 60.6 Å². The van der Waals surface area contributed by atoms with Gasteiger partial charge in [0.2, 0.25) is 12.2 Å². The summed E-state index contributed by atoms with van der Waals surface area (Å²) in [5, 5.41) is 27.1. The smallest absolute Gasteiger partial charge is 0.287 e. The van der Waals surface area contributed by atoms with E-state index in [0.29, 0.717) is 31.8 Å². The van der Waals surface area contributed by atoms with Crippen molar-refractivity contribution in [3.8, 4) is 0 Å². The van der Waals surface area contributed by atoms with E-state index in [4.69, 9.17) is 9.47 Å². The Kier molecular flexibility index (Phi) is 9.46. The maximum atomic E-state index is 13.2. The monoisotopic (exact) mass is 551 g/mol. The molecular weight excluding hydrogens is 518 g/mol. The van der Waals surface area contributed by atoms with Crippen LogP contribution in [0.4, 0.5) is 11.5 Å². The zero-order valence-corrected chi connectivity index (χ0v) is 22.4. The number of benzene rings is 1. The van der Waals surface area contributed by atoms with Crippen LogP contribution in [-0.4, -0.2) is 64.0 Å². The van der Waals surface area contributed by atoms with Gasteiger partial charge in [-0.3, -0.25) is 24.3 Å². The Hall–Kier alpha value is -4.29. The second-order valence-electron chi connectivity index (χ2n) is 9.36. The number of anilines is 1. The number of rotatable bonds is 12. The molecule has 3 aromatic rings. The fourth-order valence-electron chi connectivity index (χ4n) is 4.91. The van der Waals surface area contributed by atoms with Crippen LogP contribution in [0.3, 0.4) is 0 Å². The minimum atomic E-state index is -0.728. The van der Waals surface area contributed by atoms with Crippen molar-refractivity contribution in [3.05, 3.63) is 76.3 Å². The van der Waals surface area contributed by atoms with Gasteiger partial charge in [-0.05, 0) is 43.5 Å². The molecule has 3 atom stereocenters. The summed E-state index contributed by atoms with van der Waals surface area (Å²) in [7, 11) is 0.